The van der Waals surface area contributed by atoms with Crippen molar-refractivity contribution in [2.45, 2.75) is 19.6 Å². The van der Waals surface area contributed by atoms with Crippen molar-refractivity contribution in [2.24, 2.45) is 0 Å². The van der Waals surface area contributed by atoms with Gasteiger partial charge < -0.3 is 14.5 Å². The lowest BCUT2D eigenvalue weighted by atomic mass is 10.1. The molecule has 6 nitrogen and oxygen atoms in total. The summed E-state index contributed by atoms with van der Waals surface area (Å²) >= 11 is 0. The van der Waals surface area contributed by atoms with E-state index in [0.29, 0.717) is 11.1 Å². The molecule has 0 spiro atoms. The van der Waals surface area contributed by atoms with Crippen LogP contribution >= 0.6 is 0 Å². The third-order valence-electron chi connectivity index (χ3n) is 2.88. The molecule has 112 valence electrons. The second-order valence-corrected chi connectivity index (χ2v) is 4.59. The summed E-state index contributed by atoms with van der Waals surface area (Å²) in [6, 6.07) is 11.1. The maximum absolute atomic E-state index is 11.8. The number of nitriles is 1. The minimum Gasteiger partial charge on any atom is -0.459 e. The first kappa shape index (κ1) is 15.3. The molecular formula is C16H14N2O4. The number of rotatable bonds is 5. The van der Waals surface area contributed by atoms with Crippen molar-refractivity contribution >= 4 is 11.9 Å². The molecule has 2 aromatic rings. The van der Waals surface area contributed by atoms with Gasteiger partial charge in [0.1, 0.15) is 12.6 Å². The molecule has 0 fully saturated rings. The van der Waals surface area contributed by atoms with Crippen molar-refractivity contribution < 1.29 is 18.7 Å². The second kappa shape index (κ2) is 7.09. The van der Waals surface area contributed by atoms with E-state index in [1.807, 2.05) is 6.07 Å². The van der Waals surface area contributed by atoms with Crippen LogP contribution in [0, 0.1) is 11.3 Å². The van der Waals surface area contributed by atoms with Crippen LogP contribution in [-0.4, -0.2) is 17.9 Å². The lowest BCUT2D eigenvalue weighted by Gasteiger charge is -2.12. The SMILES string of the molecule is C[C@H](NC(=O)c1ccco1)C(=O)OCc1cccc(C#N)c1. The second-order valence-electron chi connectivity index (χ2n) is 4.59. The maximum Gasteiger partial charge on any atom is 0.328 e. The molecule has 1 aromatic heterocycles. The lowest BCUT2D eigenvalue weighted by Crippen LogP contribution is -2.39. The van der Waals surface area contributed by atoms with Gasteiger partial charge in [-0.05, 0) is 36.8 Å². The first-order valence-electron chi connectivity index (χ1n) is 6.60. The summed E-state index contributed by atoms with van der Waals surface area (Å²) < 4.78 is 10.0. The van der Waals surface area contributed by atoms with E-state index in [0.717, 1.165) is 0 Å². The standard InChI is InChI=1S/C16H14N2O4/c1-11(18-15(19)14-6-3-7-21-14)16(20)22-10-13-5-2-4-12(8-13)9-17/h2-8,11H,10H2,1H3,(H,18,19)/t11-/m0/s1. The molecule has 0 bridgehead atoms. The minimum absolute atomic E-state index is 0.0370. The fourth-order valence-corrected chi connectivity index (χ4v) is 1.74. The zero-order valence-corrected chi connectivity index (χ0v) is 11.9. The van der Waals surface area contributed by atoms with Crippen molar-refractivity contribution in [3.05, 3.63) is 59.5 Å². The van der Waals surface area contributed by atoms with Gasteiger partial charge in [-0.25, -0.2) is 4.79 Å². The largest absolute Gasteiger partial charge is 0.459 e. The van der Waals surface area contributed by atoms with Crippen LogP contribution in [0.2, 0.25) is 0 Å². The summed E-state index contributed by atoms with van der Waals surface area (Å²) in [7, 11) is 0. The molecular weight excluding hydrogens is 284 g/mol. The highest BCUT2D eigenvalue weighted by molar-refractivity contribution is 5.94. The van der Waals surface area contributed by atoms with Gasteiger partial charge in [0.25, 0.3) is 5.91 Å². The van der Waals surface area contributed by atoms with Crippen molar-refractivity contribution in [3.8, 4) is 6.07 Å². The van der Waals surface area contributed by atoms with Crippen molar-refractivity contribution in [1.82, 2.24) is 5.32 Å². The van der Waals surface area contributed by atoms with Crippen LogP contribution in [0.1, 0.15) is 28.6 Å². The Hall–Kier alpha value is -3.07. The smallest absolute Gasteiger partial charge is 0.328 e. The Morgan fingerprint density at radius 3 is 2.86 bits per heavy atom. The quantitative estimate of drug-likeness (QED) is 0.852. The molecule has 0 aliphatic carbocycles. The van der Waals surface area contributed by atoms with Crippen LogP contribution in [0.15, 0.2) is 47.1 Å². The highest BCUT2D eigenvalue weighted by Gasteiger charge is 2.19. The van der Waals surface area contributed by atoms with Crippen LogP contribution in [0.5, 0.6) is 0 Å². The molecule has 1 amide bonds. The Morgan fingerprint density at radius 2 is 2.18 bits per heavy atom. The first-order chi connectivity index (χ1) is 10.6. The average molecular weight is 298 g/mol. The van der Waals surface area contributed by atoms with Crippen LogP contribution in [0.4, 0.5) is 0 Å². The number of esters is 1. The summed E-state index contributed by atoms with van der Waals surface area (Å²) in [6.45, 7) is 1.56. The minimum atomic E-state index is -0.809. The predicted octanol–water partition coefficient (Wildman–Crippen LogP) is 2.01. The topological polar surface area (TPSA) is 92.3 Å². The summed E-state index contributed by atoms with van der Waals surface area (Å²) in [6.07, 6.45) is 1.38. The van der Waals surface area contributed by atoms with E-state index in [-0.39, 0.29) is 12.4 Å². The van der Waals surface area contributed by atoms with E-state index in [1.54, 1.807) is 30.3 Å². The Balaban J connectivity index is 1.86. The molecule has 0 radical (unpaired) electrons. The van der Waals surface area contributed by atoms with Crippen LogP contribution in [-0.2, 0) is 16.1 Å². The van der Waals surface area contributed by atoms with Crippen molar-refractivity contribution in [2.75, 3.05) is 0 Å². The van der Waals surface area contributed by atoms with Gasteiger partial charge in [0, 0.05) is 0 Å². The molecule has 1 atom stereocenters. The maximum atomic E-state index is 11.8. The van der Waals surface area contributed by atoms with Crippen LogP contribution in [0.3, 0.4) is 0 Å². The van der Waals surface area contributed by atoms with Crippen molar-refractivity contribution in [3.63, 3.8) is 0 Å². The highest BCUT2D eigenvalue weighted by atomic mass is 16.5. The molecule has 0 unspecified atom stereocenters. The molecule has 2 rings (SSSR count). The molecule has 1 heterocycles. The van der Waals surface area contributed by atoms with Gasteiger partial charge in [-0.1, -0.05) is 12.1 Å². The molecule has 1 aromatic carbocycles. The summed E-state index contributed by atoms with van der Waals surface area (Å²) in [4.78, 5) is 23.6. The molecule has 6 heteroatoms. The van der Waals surface area contributed by atoms with Crippen molar-refractivity contribution in [1.29, 1.82) is 5.26 Å². The highest BCUT2D eigenvalue weighted by Crippen LogP contribution is 2.07. The van der Waals surface area contributed by atoms with E-state index < -0.39 is 17.9 Å². The number of hydrogen-bond acceptors (Lipinski definition) is 5. The molecule has 22 heavy (non-hydrogen) atoms. The van der Waals surface area contributed by atoms with E-state index in [4.69, 9.17) is 14.4 Å². The van der Waals surface area contributed by atoms with Gasteiger partial charge in [0.05, 0.1) is 17.9 Å². The van der Waals surface area contributed by atoms with Gasteiger partial charge in [0.2, 0.25) is 0 Å². The van der Waals surface area contributed by atoms with Crippen LogP contribution in [0.25, 0.3) is 0 Å². The zero-order chi connectivity index (χ0) is 15.9. The first-order valence-corrected chi connectivity index (χ1v) is 6.60. The van der Waals surface area contributed by atoms with Gasteiger partial charge in [0.15, 0.2) is 5.76 Å². The molecule has 0 aliphatic rings. The Labute approximate surface area is 127 Å². The Bertz CT molecular complexity index is 701. The monoisotopic (exact) mass is 298 g/mol. The fraction of sp³-hybridized carbons (Fsp3) is 0.188. The van der Waals surface area contributed by atoms with E-state index in [1.165, 1.54) is 19.3 Å². The Kier molecular flexibility index (Phi) is 4.94. The molecule has 1 N–H and O–H groups in total. The number of hydrogen-bond donors (Lipinski definition) is 1. The normalized spacial score (nSPS) is 11.3. The predicted molar refractivity (Wildman–Crippen MR) is 76.6 cm³/mol. The number of nitrogens with one attached hydrogen (secondary N) is 1. The van der Waals surface area contributed by atoms with E-state index >= 15 is 0 Å². The molecule has 0 saturated heterocycles. The summed E-state index contributed by atoms with van der Waals surface area (Å²) in [5.74, 6) is -0.926. The molecule has 0 aliphatic heterocycles. The number of amides is 1. The molecule has 0 saturated carbocycles. The number of benzene rings is 1. The Morgan fingerprint density at radius 1 is 1.36 bits per heavy atom. The zero-order valence-electron chi connectivity index (χ0n) is 11.9. The summed E-state index contributed by atoms with van der Waals surface area (Å²) in [5, 5.41) is 11.3. The van der Waals surface area contributed by atoms with Gasteiger partial charge in [-0.2, -0.15) is 5.26 Å². The third kappa shape index (κ3) is 3.96. The van der Waals surface area contributed by atoms with Gasteiger partial charge >= 0.3 is 5.97 Å². The third-order valence-corrected chi connectivity index (χ3v) is 2.88. The number of furan rings is 1. The number of carbonyl (C=O) groups excluding carboxylic acids is 2. The number of ether oxygens (including phenoxy) is 1. The number of carbonyl (C=O) groups is 2. The van der Waals surface area contributed by atoms with Gasteiger partial charge in [-0.15, -0.1) is 0 Å². The van der Waals surface area contributed by atoms with E-state index in [2.05, 4.69) is 5.32 Å². The van der Waals surface area contributed by atoms with Crippen LogP contribution < -0.4 is 5.32 Å². The summed E-state index contributed by atoms with van der Waals surface area (Å²) in [5.41, 5.74) is 1.20. The lowest BCUT2D eigenvalue weighted by molar-refractivity contribution is -0.146. The van der Waals surface area contributed by atoms with E-state index in [9.17, 15) is 9.59 Å². The average Bonchev–Trinajstić information content (AvgIpc) is 3.07. The van der Waals surface area contributed by atoms with Gasteiger partial charge in [-0.3, -0.25) is 4.79 Å². The number of nitrogens with zero attached hydrogens (tertiary/aromatic N) is 1. The fourth-order valence-electron chi connectivity index (χ4n) is 1.74.